The summed E-state index contributed by atoms with van der Waals surface area (Å²) in [6.07, 6.45) is 2.54. The van der Waals surface area contributed by atoms with Gasteiger partial charge in [-0.15, -0.1) is 0 Å². The van der Waals surface area contributed by atoms with Gasteiger partial charge >= 0.3 is 5.97 Å². The van der Waals surface area contributed by atoms with Crippen LogP contribution in [0.1, 0.15) is 24.0 Å². The molecule has 2 fully saturated rings. The second-order valence-electron chi connectivity index (χ2n) is 9.24. The molecule has 0 bridgehead atoms. The maximum Gasteiger partial charge on any atom is 0.313 e. The van der Waals surface area contributed by atoms with Crippen LogP contribution in [0.5, 0.6) is 0 Å². The summed E-state index contributed by atoms with van der Waals surface area (Å²) in [6.45, 7) is 4.60. The van der Waals surface area contributed by atoms with E-state index in [0.29, 0.717) is 25.9 Å². The quantitative estimate of drug-likeness (QED) is 0.404. The molecule has 0 radical (unpaired) electrons. The van der Waals surface area contributed by atoms with Crippen molar-refractivity contribution in [1.82, 2.24) is 0 Å². The highest BCUT2D eigenvalue weighted by molar-refractivity contribution is 5.92. The zero-order valence-corrected chi connectivity index (χ0v) is 18.6. The minimum atomic E-state index is -0.465. The van der Waals surface area contributed by atoms with Gasteiger partial charge in [-0.1, -0.05) is 78.9 Å². The van der Waals surface area contributed by atoms with Crippen LogP contribution in [0.3, 0.4) is 0 Å². The van der Waals surface area contributed by atoms with E-state index in [0.717, 1.165) is 39.9 Å². The molecular weight excluding hydrogens is 410 g/mol. The Morgan fingerprint density at radius 3 is 2.33 bits per heavy atom. The third kappa shape index (κ3) is 4.34. The van der Waals surface area contributed by atoms with Crippen molar-refractivity contribution >= 4 is 17.6 Å². The predicted molar refractivity (Wildman–Crippen MR) is 130 cm³/mol. The number of fused-ring (bicyclic) bond motifs is 1. The van der Waals surface area contributed by atoms with E-state index in [1.54, 1.807) is 0 Å². The fourth-order valence-corrected chi connectivity index (χ4v) is 5.17. The molecule has 1 N–H and O–H groups in total. The van der Waals surface area contributed by atoms with Crippen LogP contribution in [0.15, 0.2) is 91.0 Å². The van der Waals surface area contributed by atoms with E-state index in [9.17, 15) is 9.59 Å². The smallest absolute Gasteiger partial charge is 0.313 e. The summed E-state index contributed by atoms with van der Waals surface area (Å²) in [5, 5.41) is 2.97. The molecule has 0 spiro atoms. The van der Waals surface area contributed by atoms with Gasteiger partial charge in [-0.3, -0.25) is 9.59 Å². The second-order valence-corrected chi connectivity index (χ2v) is 9.24. The molecule has 1 saturated carbocycles. The summed E-state index contributed by atoms with van der Waals surface area (Å²) in [5.74, 6) is 0.0762. The standard InChI is InChI=1S/C29H27NO3/c1-20-15-25-19-33-28(32)29(25,17-20)18-22-9-13-26(14-10-22)30-27(31)16-21-7-11-24(12-8-21)23-5-3-2-4-6-23/h2-14,25H,1,15-19H2,(H,30,31). The number of nitrogens with one attached hydrogen (secondary N) is 1. The van der Waals surface area contributed by atoms with E-state index < -0.39 is 5.41 Å². The van der Waals surface area contributed by atoms with Crippen molar-refractivity contribution < 1.29 is 14.3 Å². The SMILES string of the molecule is C=C1CC2COC(=O)C2(Cc2ccc(NC(=O)Cc3ccc(-c4ccccc4)cc3)cc2)C1. The van der Waals surface area contributed by atoms with Crippen molar-refractivity contribution in [1.29, 1.82) is 0 Å². The van der Waals surface area contributed by atoms with Crippen molar-refractivity contribution in [3.8, 4) is 11.1 Å². The number of hydrogen-bond acceptors (Lipinski definition) is 3. The van der Waals surface area contributed by atoms with Gasteiger partial charge in [0.2, 0.25) is 5.91 Å². The number of carbonyl (C=O) groups excluding carboxylic acids is 2. The summed E-state index contributed by atoms with van der Waals surface area (Å²) < 4.78 is 5.37. The van der Waals surface area contributed by atoms with Crippen molar-refractivity contribution in [3.05, 3.63) is 102 Å². The van der Waals surface area contributed by atoms with E-state index in [1.165, 1.54) is 0 Å². The van der Waals surface area contributed by atoms with Crippen molar-refractivity contribution in [2.24, 2.45) is 11.3 Å². The monoisotopic (exact) mass is 437 g/mol. The van der Waals surface area contributed by atoms with Crippen molar-refractivity contribution in [3.63, 3.8) is 0 Å². The van der Waals surface area contributed by atoms with Gasteiger partial charge in [0.05, 0.1) is 18.4 Å². The number of anilines is 1. The number of amides is 1. The van der Waals surface area contributed by atoms with Crippen LogP contribution in [0.4, 0.5) is 5.69 Å². The molecule has 2 atom stereocenters. The molecule has 1 aliphatic heterocycles. The van der Waals surface area contributed by atoms with Crippen LogP contribution in [-0.2, 0) is 27.2 Å². The first-order valence-electron chi connectivity index (χ1n) is 11.4. The van der Waals surface area contributed by atoms with Gasteiger partial charge in [0.1, 0.15) is 0 Å². The molecular formula is C29H27NO3. The molecule has 166 valence electrons. The largest absolute Gasteiger partial charge is 0.465 e. The molecule has 1 amide bonds. The summed E-state index contributed by atoms with van der Waals surface area (Å²) in [6, 6.07) is 26.1. The third-order valence-corrected chi connectivity index (χ3v) is 6.89. The van der Waals surface area contributed by atoms with Crippen LogP contribution in [-0.4, -0.2) is 18.5 Å². The molecule has 4 heteroatoms. The van der Waals surface area contributed by atoms with Gasteiger partial charge in [-0.2, -0.15) is 0 Å². The number of esters is 1. The Labute approximate surface area is 194 Å². The normalized spacial score (nSPS) is 21.5. The molecule has 2 unspecified atom stereocenters. The summed E-state index contributed by atoms with van der Waals surface area (Å²) in [5.41, 5.74) is 5.76. The minimum Gasteiger partial charge on any atom is -0.465 e. The first kappa shape index (κ1) is 21.2. The Morgan fingerprint density at radius 1 is 0.939 bits per heavy atom. The lowest BCUT2D eigenvalue weighted by Crippen LogP contribution is -2.31. The lowest BCUT2D eigenvalue weighted by Gasteiger charge is -2.24. The summed E-state index contributed by atoms with van der Waals surface area (Å²) in [7, 11) is 0. The predicted octanol–water partition coefficient (Wildman–Crippen LogP) is 5.59. The van der Waals surface area contributed by atoms with Crippen LogP contribution in [0.2, 0.25) is 0 Å². The molecule has 1 aliphatic carbocycles. The molecule has 1 heterocycles. The van der Waals surface area contributed by atoms with Gasteiger partial charge in [-0.25, -0.2) is 0 Å². The zero-order valence-electron chi connectivity index (χ0n) is 18.6. The van der Waals surface area contributed by atoms with Crippen molar-refractivity contribution in [2.45, 2.75) is 25.7 Å². The number of cyclic esters (lactones) is 1. The Morgan fingerprint density at radius 2 is 1.61 bits per heavy atom. The van der Waals surface area contributed by atoms with Crippen LogP contribution >= 0.6 is 0 Å². The summed E-state index contributed by atoms with van der Waals surface area (Å²) in [4.78, 5) is 25.0. The van der Waals surface area contributed by atoms with E-state index in [2.05, 4.69) is 24.0 Å². The maximum absolute atomic E-state index is 12.5. The van der Waals surface area contributed by atoms with Crippen LogP contribution < -0.4 is 5.32 Å². The zero-order chi connectivity index (χ0) is 22.8. The highest BCUT2D eigenvalue weighted by atomic mass is 16.5. The second kappa shape index (κ2) is 8.70. The van der Waals surface area contributed by atoms with E-state index in [-0.39, 0.29) is 17.8 Å². The molecule has 1 saturated heterocycles. The number of carbonyl (C=O) groups is 2. The van der Waals surface area contributed by atoms with Gasteiger partial charge in [-0.05, 0) is 53.6 Å². The number of benzene rings is 3. The number of hydrogen-bond donors (Lipinski definition) is 1. The molecule has 5 rings (SSSR count). The fraction of sp³-hybridized carbons (Fsp3) is 0.241. The molecule has 33 heavy (non-hydrogen) atoms. The average Bonchev–Trinajstić information content (AvgIpc) is 3.29. The van der Waals surface area contributed by atoms with Gasteiger partial charge in [0.25, 0.3) is 0 Å². The lowest BCUT2D eigenvalue weighted by molar-refractivity contribution is -0.146. The molecule has 4 nitrogen and oxygen atoms in total. The highest BCUT2D eigenvalue weighted by Crippen LogP contribution is 2.52. The Kier molecular flexibility index (Phi) is 5.59. The lowest BCUT2D eigenvalue weighted by atomic mass is 9.75. The van der Waals surface area contributed by atoms with Gasteiger partial charge in [0.15, 0.2) is 0 Å². The third-order valence-electron chi connectivity index (χ3n) is 6.89. The van der Waals surface area contributed by atoms with Crippen molar-refractivity contribution in [2.75, 3.05) is 11.9 Å². The number of ether oxygens (including phenoxy) is 1. The minimum absolute atomic E-state index is 0.0552. The number of rotatable bonds is 6. The Hall–Kier alpha value is -3.66. The molecule has 3 aromatic rings. The van der Waals surface area contributed by atoms with Crippen LogP contribution in [0.25, 0.3) is 11.1 Å². The number of allylic oxidation sites excluding steroid dienone is 1. The first-order valence-corrected chi connectivity index (χ1v) is 11.4. The Bertz CT molecular complexity index is 1180. The molecule has 2 aliphatic rings. The topological polar surface area (TPSA) is 55.4 Å². The average molecular weight is 438 g/mol. The fourth-order valence-electron chi connectivity index (χ4n) is 5.17. The molecule has 0 aromatic heterocycles. The van der Waals surface area contributed by atoms with E-state index >= 15 is 0 Å². The summed E-state index contributed by atoms with van der Waals surface area (Å²) >= 11 is 0. The van der Waals surface area contributed by atoms with E-state index in [1.807, 2.05) is 66.7 Å². The highest BCUT2D eigenvalue weighted by Gasteiger charge is 2.55. The first-order chi connectivity index (χ1) is 16.0. The van der Waals surface area contributed by atoms with Crippen LogP contribution in [0, 0.1) is 11.3 Å². The van der Waals surface area contributed by atoms with E-state index in [4.69, 9.17) is 4.74 Å². The maximum atomic E-state index is 12.5. The molecule has 3 aromatic carbocycles. The van der Waals surface area contributed by atoms with Gasteiger partial charge in [0, 0.05) is 11.6 Å². The van der Waals surface area contributed by atoms with Gasteiger partial charge < -0.3 is 10.1 Å². The Balaban J connectivity index is 1.19.